The van der Waals surface area contributed by atoms with Crippen molar-refractivity contribution in [2.24, 2.45) is 0 Å². The molecule has 0 atom stereocenters. The number of benzene rings is 1. The molecule has 2 fully saturated rings. The van der Waals surface area contributed by atoms with Crippen molar-refractivity contribution < 1.29 is 14.4 Å². The van der Waals surface area contributed by atoms with Crippen LogP contribution in [0.3, 0.4) is 0 Å². The average Bonchev–Trinajstić information content (AvgIpc) is 3.41. The smallest absolute Gasteiger partial charge is 0.323 e. The Labute approximate surface area is 186 Å². The van der Waals surface area contributed by atoms with Gasteiger partial charge in [-0.2, -0.15) is 0 Å². The average molecular weight is 441 g/mol. The van der Waals surface area contributed by atoms with Gasteiger partial charge in [0.15, 0.2) is 5.13 Å². The molecule has 1 aliphatic heterocycles. The predicted octanol–water partition coefficient (Wildman–Crippen LogP) is 4.26. The molecule has 4 amide bonds. The number of thiazole rings is 1. The van der Waals surface area contributed by atoms with Crippen LogP contribution in [0.1, 0.15) is 55.9 Å². The Balaban J connectivity index is 1.35. The van der Waals surface area contributed by atoms with Crippen LogP contribution in [-0.4, -0.2) is 39.8 Å². The summed E-state index contributed by atoms with van der Waals surface area (Å²) >= 11 is 1.42. The molecule has 0 radical (unpaired) electrons. The fourth-order valence-corrected chi connectivity index (χ4v) is 5.28. The molecule has 2 aliphatic rings. The summed E-state index contributed by atoms with van der Waals surface area (Å²) in [5.41, 5.74) is 2.45. The number of anilines is 1. The van der Waals surface area contributed by atoms with E-state index in [1.807, 2.05) is 6.92 Å². The minimum absolute atomic E-state index is 0.0505. The van der Waals surface area contributed by atoms with Crippen molar-refractivity contribution in [3.05, 3.63) is 34.7 Å². The Bertz CT molecular complexity index is 993. The van der Waals surface area contributed by atoms with E-state index in [-0.39, 0.29) is 24.8 Å². The summed E-state index contributed by atoms with van der Waals surface area (Å²) in [4.78, 5) is 44.2. The van der Waals surface area contributed by atoms with E-state index in [1.165, 1.54) is 21.8 Å². The van der Waals surface area contributed by atoms with E-state index < -0.39 is 11.6 Å². The van der Waals surface area contributed by atoms with Gasteiger partial charge in [-0.3, -0.25) is 14.5 Å². The molecule has 1 spiro atoms. The highest BCUT2D eigenvalue weighted by atomic mass is 32.1. The maximum absolute atomic E-state index is 12.7. The van der Waals surface area contributed by atoms with E-state index in [0.29, 0.717) is 18.0 Å². The number of aromatic nitrogens is 1. The number of hydrogen-bond acceptors (Lipinski definition) is 5. The number of carbonyl (C=O) groups excluding carboxylic acids is 3. The fourth-order valence-electron chi connectivity index (χ4n) is 4.43. The first-order valence-corrected chi connectivity index (χ1v) is 11.7. The van der Waals surface area contributed by atoms with E-state index in [1.54, 1.807) is 0 Å². The lowest BCUT2D eigenvalue weighted by Gasteiger charge is -2.19. The molecule has 2 N–H and O–H groups in total. The van der Waals surface area contributed by atoms with Gasteiger partial charge >= 0.3 is 6.03 Å². The first kappa shape index (κ1) is 21.5. The Kier molecular flexibility index (Phi) is 6.09. The van der Waals surface area contributed by atoms with Gasteiger partial charge in [0, 0.05) is 23.4 Å². The fraction of sp³-hybridized carbons (Fsp3) is 0.478. The summed E-state index contributed by atoms with van der Waals surface area (Å²) < 4.78 is 0. The number of imide groups is 1. The quantitative estimate of drug-likeness (QED) is 0.629. The molecule has 164 valence electrons. The number of hydrogen-bond donors (Lipinski definition) is 2. The molecule has 31 heavy (non-hydrogen) atoms. The standard InChI is InChI=1S/C23H28N4O3S/c1-3-6-16-7-9-17(10-8-16)19-15(2)31-21(25-19)24-18(28)11-14-27-20(29)23(26-22(27)30)12-4-5-13-23/h7-10H,3-6,11-14H2,1-2H3,(H,26,30)(H,24,25,28). The number of rotatable bonds is 7. The van der Waals surface area contributed by atoms with Crippen LogP contribution >= 0.6 is 11.3 Å². The molecule has 2 heterocycles. The number of nitrogens with one attached hydrogen (secondary N) is 2. The summed E-state index contributed by atoms with van der Waals surface area (Å²) in [5, 5.41) is 6.18. The highest BCUT2D eigenvalue weighted by Gasteiger charge is 2.52. The van der Waals surface area contributed by atoms with Crippen molar-refractivity contribution >= 4 is 34.3 Å². The number of aryl methyl sites for hydroxylation is 2. The van der Waals surface area contributed by atoms with E-state index >= 15 is 0 Å². The lowest BCUT2D eigenvalue weighted by molar-refractivity contribution is -0.131. The lowest BCUT2D eigenvalue weighted by Crippen LogP contribution is -2.44. The van der Waals surface area contributed by atoms with E-state index in [2.05, 4.69) is 46.8 Å². The Morgan fingerprint density at radius 2 is 1.94 bits per heavy atom. The van der Waals surface area contributed by atoms with Gasteiger partial charge in [0.2, 0.25) is 5.91 Å². The molecule has 0 unspecified atom stereocenters. The third-order valence-corrected chi connectivity index (χ3v) is 6.96. The zero-order chi connectivity index (χ0) is 22.0. The van der Waals surface area contributed by atoms with Gasteiger partial charge < -0.3 is 10.6 Å². The molecule has 2 aromatic rings. The number of urea groups is 1. The number of nitrogens with zero attached hydrogens (tertiary/aromatic N) is 2. The SMILES string of the molecule is CCCc1ccc(-c2nc(NC(=O)CCN3C(=O)NC4(CCCC4)C3=O)sc2C)cc1. The predicted molar refractivity (Wildman–Crippen MR) is 121 cm³/mol. The summed E-state index contributed by atoms with van der Waals surface area (Å²) in [5.74, 6) is -0.451. The van der Waals surface area contributed by atoms with Crippen molar-refractivity contribution in [1.29, 1.82) is 0 Å². The van der Waals surface area contributed by atoms with Crippen LogP contribution in [0.15, 0.2) is 24.3 Å². The second kappa shape index (κ2) is 8.78. The summed E-state index contributed by atoms with van der Waals surface area (Å²) in [7, 11) is 0. The number of amides is 4. The lowest BCUT2D eigenvalue weighted by atomic mass is 9.98. The van der Waals surface area contributed by atoms with Crippen LogP contribution < -0.4 is 10.6 Å². The van der Waals surface area contributed by atoms with Gasteiger partial charge in [0.25, 0.3) is 5.91 Å². The minimum atomic E-state index is -0.735. The van der Waals surface area contributed by atoms with Gasteiger partial charge in [-0.05, 0) is 31.7 Å². The van der Waals surface area contributed by atoms with Gasteiger partial charge in [0.05, 0.1) is 5.69 Å². The first-order valence-electron chi connectivity index (χ1n) is 10.9. The first-order chi connectivity index (χ1) is 14.9. The summed E-state index contributed by atoms with van der Waals surface area (Å²) in [6.45, 7) is 4.22. The molecule has 1 saturated heterocycles. The molecular weight excluding hydrogens is 412 g/mol. The van der Waals surface area contributed by atoms with Gasteiger partial charge in [-0.25, -0.2) is 9.78 Å². The molecule has 1 aliphatic carbocycles. The van der Waals surface area contributed by atoms with Gasteiger partial charge in [-0.15, -0.1) is 11.3 Å². The Hall–Kier alpha value is -2.74. The largest absolute Gasteiger partial charge is 0.325 e. The third-order valence-electron chi connectivity index (χ3n) is 6.07. The van der Waals surface area contributed by atoms with Crippen LogP contribution in [0.4, 0.5) is 9.93 Å². The van der Waals surface area contributed by atoms with Crippen LogP contribution in [-0.2, 0) is 16.0 Å². The third kappa shape index (κ3) is 4.35. The maximum Gasteiger partial charge on any atom is 0.325 e. The zero-order valence-electron chi connectivity index (χ0n) is 18.0. The molecule has 8 heteroatoms. The molecule has 1 saturated carbocycles. The zero-order valence-corrected chi connectivity index (χ0v) is 18.8. The van der Waals surface area contributed by atoms with Crippen molar-refractivity contribution in [3.8, 4) is 11.3 Å². The molecule has 4 rings (SSSR count). The van der Waals surface area contributed by atoms with E-state index in [0.717, 1.165) is 41.8 Å². The normalized spacial score (nSPS) is 17.4. The Morgan fingerprint density at radius 1 is 1.23 bits per heavy atom. The van der Waals surface area contributed by atoms with E-state index in [9.17, 15) is 14.4 Å². The molecule has 1 aromatic heterocycles. The van der Waals surface area contributed by atoms with Crippen LogP contribution in [0.2, 0.25) is 0 Å². The number of carbonyl (C=O) groups is 3. The maximum atomic E-state index is 12.7. The Morgan fingerprint density at radius 3 is 2.61 bits per heavy atom. The molecule has 7 nitrogen and oxygen atoms in total. The van der Waals surface area contributed by atoms with E-state index in [4.69, 9.17) is 0 Å². The van der Waals surface area contributed by atoms with Crippen LogP contribution in [0.25, 0.3) is 11.3 Å². The van der Waals surface area contributed by atoms with Crippen molar-refractivity contribution in [2.75, 3.05) is 11.9 Å². The second-order valence-corrected chi connectivity index (χ2v) is 9.55. The van der Waals surface area contributed by atoms with Gasteiger partial charge in [-0.1, -0.05) is 50.5 Å². The van der Waals surface area contributed by atoms with Crippen molar-refractivity contribution in [3.63, 3.8) is 0 Å². The monoisotopic (exact) mass is 440 g/mol. The molecular formula is C23H28N4O3S. The van der Waals surface area contributed by atoms with Crippen molar-refractivity contribution in [1.82, 2.24) is 15.2 Å². The highest BCUT2D eigenvalue weighted by molar-refractivity contribution is 7.16. The topological polar surface area (TPSA) is 91.4 Å². The minimum Gasteiger partial charge on any atom is -0.323 e. The summed E-state index contributed by atoms with van der Waals surface area (Å²) in [6.07, 6.45) is 5.45. The summed E-state index contributed by atoms with van der Waals surface area (Å²) in [6, 6.07) is 7.97. The molecule has 1 aromatic carbocycles. The molecule has 0 bridgehead atoms. The van der Waals surface area contributed by atoms with Crippen LogP contribution in [0, 0.1) is 6.92 Å². The van der Waals surface area contributed by atoms with Gasteiger partial charge in [0.1, 0.15) is 5.54 Å². The highest BCUT2D eigenvalue weighted by Crippen LogP contribution is 2.35. The van der Waals surface area contributed by atoms with Crippen molar-refractivity contribution in [2.45, 2.75) is 64.3 Å². The van der Waals surface area contributed by atoms with Crippen LogP contribution in [0.5, 0.6) is 0 Å². The second-order valence-electron chi connectivity index (χ2n) is 8.35.